The second kappa shape index (κ2) is 4.52. The first-order valence-electron chi connectivity index (χ1n) is 4.09. The lowest BCUT2D eigenvalue weighted by Crippen LogP contribution is -2.11. The summed E-state index contributed by atoms with van der Waals surface area (Å²) in [6, 6.07) is 5.06. The van der Waals surface area contributed by atoms with Crippen molar-refractivity contribution < 1.29 is 4.92 Å². The van der Waals surface area contributed by atoms with Crippen LogP contribution in [0.1, 0.15) is 5.56 Å². The average molecular weight is 259 g/mol. The molecule has 0 atom stereocenters. The number of hydrogen-bond acceptors (Lipinski definition) is 3. The molecule has 0 N–H and O–H groups in total. The fourth-order valence-corrected chi connectivity index (χ4v) is 1.70. The quantitative estimate of drug-likeness (QED) is 0.618. The third-order valence-electron chi connectivity index (χ3n) is 1.74. The number of nitro benzene ring substituents is 1. The van der Waals surface area contributed by atoms with Crippen LogP contribution in [-0.4, -0.2) is 23.9 Å². The minimum absolute atomic E-state index is 0.115. The average Bonchev–Trinajstić information content (AvgIpc) is 2.07. The molecule has 0 aliphatic carbocycles. The molecule has 0 spiro atoms. The van der Waals surface area contributed by atoms with Gasteiger partial charge in [-0.15, -0.1) is 0 Å². The summed E-state index contributed by atoms with van der Waals surface area (Å²) in [6.45, 7) is 0.683. The molecular weight excluding hydrogens is 248 g/mol. The van der Waals surface area contributed by atoms with Crippen LogP contribution in [0.25, 0.3) is 0 Å². The zero-order valence-electron chi connectivity index (χ0n) is 8.03. The van der Waals surface area contributed by atoms with Crippen molar-refractivity contribution in [3.05, 3.63) is 38.3 Å². The first kappa shape index (κ1) is 11.1. The van der Waals surface area contributed by atoms with E-state index in [1.54, 1.807) is 6.07 Å². The molecule has 0 heterocycles. The Labute approximate surface area is 90.8 Å². The molecule has 0 aromatic heterocycles. The van der Waals surface area contributed by atoms with Crippen LogP contribution in [0.2, 0.25) is 0 Å². The number of nitrogens with zero attached hydrogens (tertiary/aromatic N) is 2. The fraction of sp³-hybridized carbons (Fsp3) is 0.333. The highest BCUT2D eigenvalue weighted by Gasteiger charge is 2.14. The van der Waals surface area contributed by atoms with Crippen LogP contribution < -0.4 is 0 Å². The van der Waals surface area contributed by atoms with Crippen LogP contribution in [0, 0.1) is 10.1 Å². The number of benzene rings is 1. The smallest absolute Gasteiger partial charge is 0.283 e. The van der Waals surface area contributed by atoms with E-state index >= 15 is 0 Å². The Morgan fingerprint density at radius 1 is 1.50 bits per heavy atom. The summed E-state index contributed by atoms with van der Waals surface area (Å²) in [5.74, 6) is 0. The lowest BCUT2D eigenvalue weighted by molar-refractivity contribution is -0.385. The van der Waals surface area contributed by atoms with Crippen molar-refractivity contribution in [1.82, 2.24) is 4.90 Å². The van der Waals surface area contributed by atoms with Crippen LogP contribution in [0.5, 0.6) is 0 Å². The summed E-state index contributed by atoms with van der Waals surface area (Å²) >= 11 is 3.24. The maximum absolute atomic E-state index is 10.6. The highest BCUT2D eigenvalue weighted by Crippen LogP contribution is 2.28. The zero-order chi connectivity index (χ0) is 10.7. The van der Waals surface area contributed by atoms with Gasteiger partial charge in [-0.3, -0.25) is 10.1 Å². The van der Waals surface area contributed by atoms with Crippen LogP contribution in [-0.2, 0) is 6.54 Å². The molecule has 0 bridgehead atoms. The third-order valence-corrected chi connectivity index (χ3v) is 2.66. The largest absolute Gasteiger partial charge is 0.305 e. The minimum atomic E-state index is -0.386. The SMILES string of the molecule is CN(C)Cc1cccc([N+](=O)[O-])c1Br. The van der Waals surface area contributed by atoms with Gasteiger partial charge in [0.05, 0.1) is 9.40 Å². The first-order chi connectivity index (χ1) is 6.52. The summed E-state index contributed by atoms with van der Waals surface area (Å²) in [5, 5.41) is 10.6. The highest BCUT2D eigenvalue weighted by molar-refractivity contribution is 9.10. The number of nitro groups is 1. The van der Waals surface area contributed by atoms with Crippen molar-refractivity contribution in [2.75, 3.05) is 14.1 Å². The van der Waals surface area contributed by atoms with Gasteiger partial charge < -0.3 is 4.90 Å². The molecule has 0 aliphatic rings. The molecular formula is C9H11BrN2O2. The van der Waals surface area contributed by atoms with E-state index in [-0.39, 0.29) is 10.6 Å². The van der Waals surface area contributed by atoms with E-state index < -0.39 is 0 Å². The third kappa shape index (κ3) is 2.52. The summed E-state index contributed by atoms with van der Waals surface area (Å²) in [6.07, 6.45) is 0. The predicted octanol–water partition coefficient (Wildman–Crippen LogP) is 2.42. The normalized spacial score (nSPS) is 10.6. The van der Waals surface area contributed by atoms with E-state index in [9.17, 15) is 10.1 Å². The van der Waals surface area contributed by atoms with E-state index in [0.717, 1.165) is 5.56 Å². The summed E-state index contributed by atoms with van der Waals surface area (Å²) in [5.41, 5.74) is 1.04. The van der Waals surface area contributed by atoms with Crippen molar-refractivity contribution in [3.63, 3.8) is 0 Å². The van der Waals surface area contributed by atoms with E-state index in [2.05, 4.69) is 15.9 Å². The summed E-state index contributed by atoms with van der Waals surface area (Å²) in [4.78, 5) is 12.2. The van der Waals surface area contributed by atoms with Gasteiger partial charge in [-0.2, -0.15) is 0 Å². The van der Waals surface area contributed by atoms with Gasteiger partial charge in [0.15, 0.2) is 0 Å². The van der Waals surface area contributed by atoms with Crippen molar-refractivity contribution in [3.8, 4) is 0 Å². The Bertz CT molecular complexity index is 353. The van der Waals surface area contributed by atoms with Gasteiger partial charge in [0.2, 0.25) is 0 Å². The molecule has 0 fully saturated rings. The summed E-state index contributed by atoms with van der Waals surface area (Å²) in [7, 11) is 3.84. The fourth-order valence-electron chi connectivity index (χ4n) is 1.17. The molecule has 0 amide bonds. The van der Waals surface area contributed by atoms with E-state index in [1.165, 1.54) is 6.07 Å². The van der Waals surface area contributed by atoms with Gasteiger partial charge in [0.1, 0.15) is 0 Å². The topological polar surface area (TPSA) is 46.4 Å². The summed E-state index contributed by atoms with van der Waals surface area (Å²) < 4.78 is 0.568. The molecule has 0 saturated carbocycles. The zero-order valence-corrected chi connectivity index (χ0v) is 9.61. The van der Waals surface area contributed by atoms with Crippen LogP contribution in [0.15, 0.2) is 22.7 Å². The van der Waals surface area contributed by atoms with Crippen molar-refractivity contribution >= 4 is 21.6 Å². The van der Waals surface area contributed by atoms with Crippen molar-refractivity contribution in [2.24, 2.45) is 0 Å². The Kier molecular flexibility index (Phi) is 3.60. The standard InChI is InChI=1S/C9H11BrN2O2/c1-11(2)6-7-4-3-5-8(9(7)10)12(13)14/h3-5H,6H2,1-2H3. The van der Waals surface area contributed by atoms with Crippen molar-refractivity contribution in [2.45, 2.75) is 6.54 Å². The molecule has 4 nitrogen and oxygen atoms in total. The molecule has 1 aromatic rings. The second-order valence-electron chi connectivity index (χ2n) is 3.25. The number of rotatable bonds is 3. The maximum atomic E-state index is 10.6. The molecule has 1 aromatic carbocycles. The van der Waals surface area contributed by atoms with Crippen LogP contribution >= 0.6 is 15.9 Å². The highest BCUT2D eigenvalue weighted by atomic mass is 79.9. The second-order valence-corrected chi connectivity index (χ2v) is 4.04. The Hall–Kier alpha value is -0.940. The minimum Gasteiger partial charge on any atom is -0.305 e. The number of hydrogen-bond donors (Lipinski definition) is 0. The number of halogens is 1. The Morgan fingerprint density at radius 2 is 2.14 bits per heavy atom. The van der Waals surface area contributed by atoms with E-state index in [1.807, 2.05) is 25.1 Å². The molecule has 1 rings (SSSR count). The lowest BCUT2D eigenvalue weighted by Gasteiger charge is -2.10. The molecule has 5 heteroatoms. The maximum Gasteiger partial charge on any atom is 0.283 e. The Morgan fingerprint density at radius 3 is 2.64 bits per heavy atom. The Balaban J connectivity index is 3.07. The monoisotopic (exact) mass is 258 g/mol. The molecule has 0 saturated heterocycles. The van der Waals surface area contributed by atoms with Gasteiger partial charge in [0, 0.05) is 12.6 Å². The van der Waals surface area contributed by atoms with Crippen LogP contribution in [0.4, 0.5) is 5.69 Å². The van der Waals surface area contributed by atoms with E-state index in [4.69, 9.17) is 0 Å². The van der Waals surface area contributed by atoms with Gasteiger partial charge in [-0.25, -0.2) is 0 Å². The van der Waals surface area contributed by atoms with Gasteiger partial charge in [0.25, 0.3) is 5.69 Å². The van der Waals surface area contributed by atoms with Crippen LogP contribution in [0.3, 0.4) is 0 Å². The molecule has 0 radical (unpaired) electrons. The predicted molar refractivity (Wildman–Crippen MR) is 58.2 cm³/mol. The van der Waals surface area contributed by atoms with E-state index in [0.29, 0.717) is 11.0 Å². The molecule has 0 unspecified atom stereocenters. The molecule has 14 heavy (non-hydrogen) atoms. The van der Waals surface area contributed by atoms with Gasteiger partial charge in [-0.05, 0) is 35.6 Å². The first-order valence-corrected chi connectivity index (χ1v) is 4.88. The van der Waals surface area contributed by atoms with Crippen molar-refractivity contribution in [1.29, 1.82) is 0 Å². The molecule has 76 valence electrons. The lowest BCUT2D eigenvalue weighted by atomic mass is 10.2. The van der Waals surface area contributed by atoms with Gasteiger partial charge in [-0.1, -0.05) is 12.1 Å². The van der Waals surface area contributed by atoms with Gasteiger partial charge >= 0.3 is 0 Å². The molecule has 0 aliphatic heterocycles.